The van der Waals surface area contributed by atoms with E-state index in [1.165, 1.54) is 12.1 Å². The molecule has 0 fully saturated rings. The molecule has 19 heavy (non-hydrogen) atoms. The van der Waals surface area contributed by atoms with Gasteiger partial charge in [0, 0.05) is 6.04 Å². The molecular formula is C12H14ClFN2O3. The van der Waals surface area contributed by atoms with Crippen LogP contribution in [0, 0.1) is 5.82 Å². The predicted octanol–water partition coefficient (Wildman–Crippen LogP) is 2.85. The standard InChI is InChI=1S/C12H14ClFN2O3/c1-2-7(6-10(17)18)15-12(19)16-11-8(13)4-3-5-9(11)14/h3-5,7H,2,6H2,1H3,(H,17,18)(H2,15,16,19). The first-order chi connectivity index (χ1) is 8.93. The second kappa shape index (κ2) is 6.94. The summed E-state index contributed by atoms with van der Waals surface area (Å²) in [5.41, 5.74) is -0.133. The van der Waals surface area contributed by atoms with E-state index in [4.69, 9.17) is 16.7 Å². The third-order valence-corrected chi connectivity index (χ3v) is 2.77. The van der Waals surface area contributed by atoms with E-state index in [0.717, 1.165) is 6.07 Å². The second-order valence-corrected chi connectivity index (χ2v) is 4.31. The molecule has 7 heteroatoms. The molecule has 0 heterocycles. The summed E-state index contributed by atoms with van der Waals surface area (Å²) in [6.07, 6.45) is 0.250. The molecule has 1 aromatic rings. The Morgan fingerprint density at radius 2 is 2.16 bits per heavy atom. The fraction of sp³-hybridized carbons (Fsp3) is 0.333. The molecule has 104 valence electrons. The van der Waals surface area contributed by atoms with Crippen LogP contribution in [0.4, 0.5) is 14.9 Å². The number of carboxylic acids is 1. The normalized spacial score (nSPS) is 11.7. The molecule has 5 nitrogen and oxygen atoms in total. The van der Waals surface area contributed by atoms with Gasteiger partial charge in [0.1, 0.15) is 5.82 Å². The van der Waals surface area contributed by atoms with E-state index in [0.29, 0.717) is 6.42 Å². The summed E-state index contributed by atoms with van der Waals surface area (Å²) in [5, 5.41) is 13.4. The lowest BCUT2D eigenvalue weighted by atomic mass is 10.1. The number of rotatable bonds is 5. The minimum Gasteiger partial charge on any atom is -0.481 e. The summed E-state index contributed by atoms with van der Waals surface area (Å²) in [6, 6.07) is 2.80. The number of carbonyl (C=O) groups excluding carboxylic acids is 1. The van der Waals surface area contributed by atoms with Crippen LogP contribution in [0.2, 0.25) is 5.02 Å². The van der Waals surface area contributed by atoms with Crippen LogP contribution < -0.4 is 10.6 Å². The summed E-state index contributed by atoms with van der Waals surface area (Å²) in [6.45, 7) is 1.74. The molecular weight excluding hydrogens is 275 g/mol. The zero-order valence-corrected chi connectivity index (χ0v) is 11.0. The molecule has 2 amide bonds. The van der Waals surface area contributed by atoms with Crippen molar-refractivity contribution >= 4 is 29.3 Å². The largest absolute Gasteiger partial charge is 0.481 e. The van der Waals surface area contributed by atoms with Crippen molar-refractivity contribution in [1.82, 2.24) is 5.32 Å². The number of aliphatic carboxylic acids is 1. The van der Waals surface area contributed by atoms with Crippen LogP contribution in [0.3, 0.4) is 0 Å². The molecule has 0 radical (unpaired) electrons. The number of amides is 2. The van der Waals surface area contributed by atoms with Gasteiger partial charge in [-0.1, -0.05) is 24.6 Å². The van der Waals surface area contributed by atoms with Crippen molar-refractivity contribution in [3.8, 4) is 0 Å². The Morgan fingerprint density at radius 1 is 1.47 bits per heavy atom. The van der Waals surface area contributed by atoms with Gasteiger partial charge < -0.3 is 15.7 Å². The van der Waals surface area contributed by atoms with Crippen LogP contribution in [0.5, 0.6) is 0 Å². The average Bonchev–Trinajstić information content (AvgIpc) is 2.32. The lowest BCUT2D eigenvalue weighted by Crippen LogP contribution is -2.39. The van der Waals surface area contributed by atoms with E-state index in [9.17, 15) is 14.0 Å². The van der Waals surface area contributed by atoms with Gasteiger partial charge in [-0.3, -0.25) is 4.79 Å². The molecule has 0 aliphatic rings. The molecule has 0 saturated heterocycles. The summed E-state index contributed by atoms with van der Waals surface area (Å²) in [7, 11) is 0. The molecule has 0 bridgehead atoms. The number of carbonyl (C=O) groups is 2. The number of hydrogen-bond acceptors (Lipinski definition) is 2. The molecule has 1 aromatic carbocycles. The van der Waals surface area contributed by atoms with Crippen LogP contribution in [0.15, 0.2) is 18.2 Å². The van der Waals surface area contributed by atoms with Crippen LogP contribution in [-0.2, 0) is 4.79 Å². The molecule has 1 atom stereocenters. The summed E-state index contributed by atoms with van der Waals surface area (Å²) in [4.78, 5) is 22.2. The topological polar surface area (TPSA) is 78.4 Å². The van der Waals surface area contributed by atoms with Crippen molar-refractivity contribution in [2.24, 2.45) is 0 Å². The van der Waals surface area contributed by atoms with Gasteiger partial charge in [-0.05, 0) is 18.6 Å². The Bertz CT molecular complexity index is 462. The minimum atomic E-state index is -1.02. The Morgan fingerprint density at radius 3 is 2.68 bits per heavy atom. The maximum absolute atomic E-state index is 13.4. The highest BCUT2D eigenvalue weighted by atomic mass is 35.5. The van der Waals surface area contributed by atoms with Crippen molar-refractivity contribution in [1.29, 1.82) is 0 Å². The quantitative estimate of drug-likeness (QED) is 0.779. The van der Waals surface area contributed by atoms with Gasteiger partial charge in [0.15, 0.2) is 0 Å². The van der Waals surface area contributed by atoms with Crippen molar-refractivity contribution in [2.75, 3.05) is 5.32 Å². The van der Waals surface area contributed by atoms with Crippen LogP contribution in [0.1, 0.15) is 19.8 Å². The second-order valence-electron chi connectivity index (χ2n) is 3.90. The van der Waals surface area contributed by atoms with Gasteiger partial charge in [-0.15, -0.1) is 0 Å². The van der Waals surface area contributed by atoms with Crippen molar-refractivity contribution in [2.45, 2.75) is 25.8 Å². The maximum Gasteiger partial charge on any atom is 0.319 e. The summed E-state index contributed by atoms with van der Waals surface area (Å²) < 4.78 is 13.4. The van der Waals surface area contributed by atoms with Gasteiger partial charge in [-0.2, -0.15) is 0 Å². The molecule has 1 rings (SSSR count). The number of anilines is 1. The van der Waals surface area contributed by atoms with Crippen molar-refractivity contribution in [3.05, 3.63) is 29.0 Å². The highest BCUT2D eigenvalue weighted by molar-refractivity contribution is 6.33. The van der Waals surface area contributed by atoms with E-state index < -0.39 is 23.9 Å². The predicted molar refractivity (Wildman–Crippen MR) is 69.9 cm³/mol. The smallest absolute Gasteiger partial charge is 0.319 e. The van der Waals surface area contributed by atoms with Crippen LogP contribution >= 0.6 is 11.6 Å². The SMILES string of the molecule is CCC(CC(=O)O)NC(=O)Nc1c(F)cccc1Cl. The first-order valence-corrected chi connectivity index (χ1v) is 6.05. The Labute approximate surface area is 114 Å². The highest BCUT2D eigenvalue weighted by Crippen LogP contribution is 2.24. The number of urea groups is 1. The number of halogens is 2. The van der Waals surface area contributed by atoms with E-state index in [-0.39, 0.29) is 17.1 Å². The Hall–Kier alpha value is -1.82. The van der Waals surface area contributed by atoms with Crippen LogP contribution in [-0.4, -0.2) is 23.1 Å². The number of benzene rings is 1. The van der Waals surface area contributed by atoms with E-state index in [1.807, 2.05) is 0 Å². The molecule has 0 spiro atoms. The van der Waals surface area contributed by atoms with Gasteiger partial charge in [0.2, 0.25) is 0 Å². The van der Waals surface area contributed by atoms with Gasteiger partial charge in [0.05, 0.1) is 17.1 Å². The fourth-order valence-corrected chi connectivity index (χ4v) is 1.67. The first-order valence-electron chi connectivity index (χ1n) is 5.67. The monoisotopic (exact) mass is 288 g/mol. The fourth-order valence-electron chi connectivity index (χ4n) is 1.46. The zero-order valence-electron chi connectivity index (χ0n) is 10.2. The molecule has 0 aliphatic heterocycles. The highest BCUT2D eigenvalue weighted by Gasteiger charge is 2.16. The lowest BCUT2D eigenvalue weighted by molar-refractivity contribution is -0.137. The minimum absolute atomic E-state index is 0.0708. The number of nitrogens with one attached hydrogen (secondary N) is 2. The third kappa shape index (κ3) is 4.75. The molecule has 0 aromatic heterocycles. The number of hydrogen-bond donors (Lipinski definition) is 3. The lowest BCUT2D eigenvalue weighted by Gasteiger charge is -2.16. The van der Waals surface area contributed by atoms with Crippen molar-refractivity contribution < 1.29 is 19.1 Å². The van der Waals surface area contributed by atoms with E-state index in [1.54, 1.807) is 6.92 Å². The molecule has 3 N–H and O–H groups in total. The first kappa shape index (κ1) is 15.2. The number of carboxylic acid groups (broad SMARTS) is 1. The maximum atomic E-state index is 13.4. The van der Waals surface area contributed by atoms with Crippen molar-refractivity contribution in [3.63, 3.8) is 0 Å². The third-order valence-electron chi connectivity index (χ3n) is 2.45. The van der Waals surface area contributed by atoms with Gasteiger partial charge in [-0.25, -0.2) is 9.18 Å². The molecule has 0 aliphatic carbocycles. The van der Waals surface area contributed by atoms with Gasteiger partial charge >= 0.3 is 12.0 Å². The average molecular weight is 289 g/mol. The Kier molecular flexibility index (Phi) is 5.57. The van der Waals surface area contributed by atoms with Crippen LogP contribution in [0.25, 0.3) is 0 Å². The van der Waals surface area contributed by atoms with E-state index >= 15 is 0 Å². The van der Waals surface area contributed by atoms with Gasteiger partial charge in [0.25, 0.3) is 0 Å². The van der Waals surface area contributed by atoms with E-state index in [2.05, 4.69) is 10.6 Å². The molecule has 1 unspecified atom stereocenters. The summed E-state index contributed by atoms with van der Waals surface area (Å²) >= 11 is 5.75. The zero-order chi connectivity index (χ0) is 14.4. The summed E-state index contributed by atoms with van der Waals surface area (Å²) in [5.74, 6) is -1.68. The Balaban J connectivity index is 2.67. The number of para-hydroxylation sites is 1. The molecule has 0 saturated carbocycles.